The van der Waals surface area contributed by atoms with Gasteiger partial charge in [0.2, 0.25) is 5.91 Å². The number of ether oxygens (including phenoxy) is 2. The zero-order valence-corrected chi connectivity index (χ0v) is 18.5. The van der Waals surface area contributed by atoms with Crippen molar-refractivity contribution in [3.63, 3.8) is 0 Å². The van der Waals surface area contributed by atoms with Crippen molar-refractivity contribution in [2.45, 2.75) is 19.9 Å². The number of amides is 1. The maximum Gasteiger partial charge on any atom is 0.275 e. The first-order chi connectivity index (χ1) is 14.4. The average molecular weight is 522 g/mol. The molecule has 10 heteroatoms. The van der Waals surface area contributed by atoms with E-state index in [4.69, 9.17) is 9.47 Å². The minimum atomic E-state index is -0.542. The van der Waals surface area contributed by atoms with Crippen molar-refractivity contribution in [2.75, 3.05) is 12.4 Å². The molecule has 2 aromatic carbocycles. The number of hydrogen-bond acceptors (Lipinski definition) is 6. The van der Waals surface area contributed by atoms with Gasteiger partial charge in [0.05, 0.1) is 40.1 Å². The molecule has 1 amide bonds. The first-order valence-corrected chi connectivity index (χ1v) is 10.0. The highest BCUT2D eigenvalue weighted by atomic mass is 127. The number of aromatic nitrogens is 2. The standard InChI is InChI=1S/C20H19IN4O5/c1-13-17(21)12-22-24(13)8-7-20(26)23-14-9-15(25(27)28)11-16(10-14)30-19-6-4-3-5-18(19)29-2/h3-6,9-12H,7-8H2,1-2H3,(H,23,26). The minimum Gasteiger partial charge on any atom is -0.493 e. The molecule has 3 rings (SSSR count). The highest BCUT2D eigenvalue weighted by molar-refractivity contribution is 14.1. The topological polar surface area (TPSA) is 109 Å². The summed E-state index contributed by atoms with van der Waals surface area (Å²) in [4.78, 5) is 23.1. The molecule has 0 aliphatic heterocycles. The number of carbonyl (C=O) groups excluding carboxylic acids is 1. The van der Waals surface area contributed by atoms with Gasteiger partial charge in [0.15, 0.2) is 11.5 Å². The molecule has 156 valence electrons. The van der Waals surface area contributed by atoms with E-state index in [9.17, 15) is 14.9 Å². The molecule has 0 aliphatic rings. The molecule has 0 saturated carbocycles. The van der Waals surface area contributed by atoms with E-state index in [0.29, 0.717) is 18.0 Å². The lowest BCUT2D eigenvalue weighted by molar-refractivity contribution is -0.384. The van der Waals surface area contributed by atoms with E-state index >= 15 is 0 Å². The number of para-hydroxylation sites is 2. The number of nitrogens with zero attached hydrogens (tertiary/aromatic N) is 3. The van der Waals surface area contributed by atoms with Crippen LogP contribution in [0.1, 0.15) is 12.1 Å². The van der Waals surface area contributed by atoms with Gasteiger partial charge in [-0.15, -0.1) is 0 Å². The van der Waals surface area contributed by atoms with Gasteiger partial charge >= 0.3 is 0 Å². The monoisotopic (exact) mass is 522 g/mol. The van der Waals surface area contributed by atoms with Crippen LogP contribution in [-0.4, -0.2) is 27.7 Å². The van der Waals surface area contributed by atoms with Gasteiger partial charge in [-0.2, -0.15) is 5.10 Å². The molecule has 9 nitrogen and oxygen atoms in total. The summed E-state index contributed by atoms with van der Waals surface area (Å²) in [5, 5.41) is 18.2. The number of benzene rings is 2. The molecule has 0 bridgehead atoms. The number of nitro groups is 1. The van der Waals surface area contributed by atoms with Crippen molar-refractivity contribution < 1.29 is 19.2 Å². The Morgan fingerprint density at radius 2 is 2.00 bits per heavy atom. The van der Waals surface area contributed by atoms with E-state index in [1.165, 1.54) is 25.3 Å². The van der Waals surface area contributed by atoms with Gasteiger partial charge in [-0.25, -0.2) is 0 Å². The summed E-state index contributed by atoms with van der Waals surface area (Å²) >= 11 is 2.18. The van der Waals surface area contributed by atoms with Crippen LogP contribution in [0, 0.1) is 20.6 Å². The van der Waals surface area contributed by atoms with E-state index in [-0.39, 0.29) is 29.5 Å². The second-order valence-electron chi connectivity index (χ2n) is 6.32. The molecule has 1 heterocycles. The Labute approximate surface area is 186 Å². The van der Waals surface area contributed by atoms with E-state index in [1.54, 1.807) is 35.1 Å². The fourth-order valence-corrected chi connectivity index (χ4v) is 3.13. The molecule has 0 spiro atoms. The van der Waals surface area contributed by atoms with Crippen LogP contribution in [0.4, 0.5) is 11.4 Å². The molecule has 0 atom stereocenters. The molecule has 0 fully saturated rings. The molecular weight excluding hydrogens is 503 g/mol. The zero-order valence-electron chi connectivity index (χ0n) is 16.3. The Hall–Kier alpha value is -3.15. The van der Waals surface area contributed by atoms with Crippen molar-refractivity contribution in [1.82, 2.24) is 9.78 Å². The van der Waals surface area contributed by atoms with Crippen LogP contribution < -0.4 is 14.8 Å². The van der Waals surface area contributed by atoms with Crippen molar-refractivity contribution in [1.29, 1.82) is 0 Å². The van der Waals surface area contributed by atoms with Crippen molar-refractivity contribution in [3.05, 3.63) is 68.0 Å². The Morgan fingerprint density at radius 3 is 2.63 bits per heavy atom. The van der Waals surface area contributed by atoms with Gasteiger partial charge in [-0.3, -0.25) is 19.6 Å². The van der Waals surface area contributed by atoms with Crippen molar-refractivity contribution in [2.24, 2.45) is 0 Å². The lowest BCUT2D eigenvalue weighted by atomic mass is 10.2. The van der Waals surface area contributed by atoms with Crippen molar-refractivity contribution in [3.8, 4) is 17.2 Å². The SMILES string of the molecule is COc1ccccc1Oc1cc(NC(=O)CCn2ncc(I)c2C)cc([N+](=O)[O-])c1. The summed E-state index contributed by atoms with van der Waals surface area (Å²) in [6, 6.07) is 11.0. The highest BCUT2D eigenvalue weighted by Crippen LogP contribution is 2.34. The second kappa shape index (κ2) is 9.57. The quantitative estimate of drug-likeness (QED) is 0.265. The van der Waals surface area contributed by atoms with Crippen LogP contribution in [0.15, 0.2) is 48.7 Å². The molecule has 1 N–H and O–H groups in total. The number of nitrogens with one attached hydrogen (secondary N) is 1. The number of non-ortho nitro benzene ring substituents is 1. The normalized spacial score (nSPS) is 10.5. The molecule has 0 aliphatic carbocycles. The van der Waals surface area contributed by atoms with Gasteiger partial charge in [0.25, 0.3) is 5.69 Å². The summed E-state index contributed by atoms with van der Waals surface area (Å²) in [5.74, 6) is 0.811. The Balaban J connectivity index is 1.76. The first kappa shape index (κ1) is 21.6. The van der Waals surface area contributed by atoms with Crippen LogP contribution in [0.5, 0.6) is 17.2 Å². The van der Waals surface area contributed by atoms with Crippen LogP contribution in [0.3, 0.4) is 0 Å². The summed E-state index contributed by atoms with van der Waals surface area (Å²) in [7, 11) is 1.50. The maximum atomic E-state index is 12.4. The number of aryl methyl sites for hydroxylation is 1. The van der Waals surface area contributed by atoms with Crippen LogP contribution >= 0.6 is 22.6 Å². The van der Waals surface area contributed by atoms with Crippen LogP contribution in [-0.2, 0) is 11.3 Å². The number of nitro benzene ring substituents is 1. The van der Waals surface area contributed by atoms with E-state index in [1.807, 2.05) is 6.92 Å². The minimum absolute atomic E-state index is 0.171. The van der Waals surface area contributed by atoms with E-state index in [0.717, 1.165) is 9.26 Å². The van der Waals surface area contributed by atoms with Crippen molar-refractivity contribution >= 4 is 39.9 Å². The smallest absolute Gasteiger partial charge is 0.275 e. The third-order valence-electron chi connectivity index (χ3n) is 4.28. The lowest BCUT2D eigenvalue weighted by Gasteiger charge is -2.12. The lowest BCUT2D eigenvalue weighted by Crippen LogP contribution is -2.15. The second-order valence-corrected chi connectivity index (χ2v) is 7.49. The number of hydrogen-bond donors (Lipinski definition) is 1. The molecular formula is C20H19IN4O5. The highest BCUT2D eigenvalue weighted by Gasteiger charge is 2.15. The van der Waals surface area contributed by atoms with Crippen LogP contribution in [0.25, 0.3) is 0 Å². The molecule has 0 saturated heterocycles. The van der Waals surface area contributed by atoms with Gasteiger partial charge in [-0.05, 0) is 41.6 Å². The number of carbonyl (C=O) groups is 1. The molecule has 30 heavy (non-hydrogen) atoms. The number of rotatable bonds is 8. The summed E-state index contributed by atoms with van der Waals surface area (Å²) in [5.41, 5.74) is 1.05. The number of methoxy groups -OCH3 is 1. The van der Waals surface area contributed by atoms with Gasteiger partial charge in [0.1, 0.15) is 5.75 Å². The maximum absolute atomic E-state index is 12.4. The van der Waals surface area contributed by atoms with Crippen LogP contribution in [0.2, 0.25) is 0 Å². The molecule has 0 unspecified atom stereocenters. The zero-order chi connectivity index (χ0) is 21.7. The summed E-state index contributed by atoms with van der Waals surface area (Å²) in [6.45, 7) is 2.33. The molecule has 0 radical (unpaired) electrons. The largest absolute Gasteiger partial charge is 0.493 e. The fourth-order valence-electron chi connectivity index (χ4n) is 2.73. The predicted octanol–water partition coefficient (Wildman–Crippen LogP) is 4.53. The Kier molecular flexibility index (Phi) is 6.87. The Bertz CT molecular complexity index is 1080. The Morgan fingerprint density at radius 1 is 1.27 bits per heavy atom. The van der Waals surface area contributed by atoms with Gasteiger partial charge < -0.3 is 14.8 Å². The third-order valence-corrected chi connectivity index (χ3v) is 5.34. The number of halogens is 1. The van der Waals surface area contributed by atoms with Gasteiger partial charge in [0, 0.05) is 24.2 Å². The fraction of sp³-hybridized carbons (Fsp3) is 0.200. The van der Waals surface area contributed by atoms with Gasteiger partial charge in [-0.1, -0.05) is 12.1 Å². The summed E-state index contributed by atoms with van der Waals surface area (Å²) in [6.07, 6.45) is 1.90. The first-order valence-electron chi connectivity index (χ1n) is 8.95. The summed E-state index contributed by atoms with van der Waals surface area (Å²) < 4.78 is 13.8. The predicted molar refractivity (Wildman–Crippen MR) is 119 cm³/mol. The van der Waals surface area contributed by atoms with E-state index in [2.05, 4.69) is 33.0 Å². The molecule has 1 aromatic heterocycles. The number of anilines is 1. The average Bonchev–Trinajstić information content (AvgIpc) is 3.04. The van der Waals surface area contributed by atoms with E-state index < -0.39 is 4.92 Å². The third kappa shape index (κ3) is 5.26. The molecule has 3 aromatic rings.